The van der Waals surface area contributed by atoms with Crippen LogP contribution in [0.1, 0.15) is 37.4 Å². The van der Waals surface area contributed by atoms with Gasteiger partial charge < -0.3 is 19.5 Å². The van der Waals surface area contributed by atoms with Crippen LogP contribution in [0.25, 0.3) is 0 Å². The predicted molar refractivity (Wildman–Crippen MR) is 91.4 cm³/mol. The summed E-state index contributed by atoms with van der Waals surface area (Å²) in [5.41, 5.74) is 0.665. The van der Waals surface area contributed by atoms with Crippen LogP contribution in [-0.4, -0.2) is 48.2 Å². The van der Waals surface area contributed by atoms with Gasteiger partial charge in [-0.25, -0.2) is 0 Å². The monoisotopic (exact) mass is 383 g/mol. The Hall–Kier alpha value is -2.22. The minimum atomic E-state index is -2.90. The number of rotatable bonds is 5. The third-order valence-electron chi connectivity index (χ3n) is 5.21. The molecule has 0 bridgehead atoms. The van der Waals surface area contributed by atoms with Gasteiger partial charge in [-0.1, -0.05) is 18.6 Å². The summed E-state index contributed by atoms with van der Waals surface area (Å²) in [5.74, 6) is -1.59. The average Bonchev–Trinajstić information content (AvgIpc) is 2.67. The van der Waals surface area contributed by atoms with Gasteiger partial charge in [0, 0.05) is 12.5 Å². The molecule has 3 atom stereocenters. The van der Waals surface area contributed by atoms with Gasteiger partial charge in [-0.15, -0.1) is 0 Å². The molecular weight excluding hydrogens is 360 g/mol. The van der Waals surface area contributed by atoms with E-state index in [-0.39, 0.29) is 17.6 Å². The van der Waals surface area contributed by atoms with E-state index in [9.17, 15) is 23.5 Å². The van der Waals surface area contributed by atoms with E-state index in [1.165, 1.54) is 12.1 Å². The summed E-state index contributed by atoms with van der Waals surface area (Å²) in [7, 11) is 0. The van der Waals surface area contributed by atoms with Crippen molar-refractivity contribution >= 4 is 11.9 Å². The lowest BCUT2D eigenvalue weighted by Crippen LogP contribution is -2.46. The molecule has 1 saturated heterocycles. The number of amides is 1. The summed E-state index contributed by atoms with van der Waals surface area (Å²) in [4.78, 5) is 25.8. The number of carbonyl (C=O) groups excluding carboxylic acids is 1. The van der Waals surface area contributed by atoms with Crippen LogP contribution in [0.3, 0.4) is 0 Å². The highest BCUT2D eigenvalue weighted by atomic mass is 19.3. The van der Waals surface area contributed by atoms with Gasteiger partial charge in [0.05, 0.1) is 19.1 Å². The van der Waals surface area contributed by atoms with Crippen molar-refractivity contribution in [2.24, 2.45) is 11.8 Å². The maximum Gasteiger partial charge on any atom is 0.387 e. The van der Waals surface area contributed by atoms with Gasteiger partial charge in [0.15, 0.2) is 0 Å². The molecule has 0 radical (unpaired) electrons. The third kappa shape index (κ3) is 4.94. The van der Waals surface area contributed by atoms with Crippen LogP contribution in [0.5, 0.6) is 5.75 Å². The van der Waals surface area contributed by atoms with Crippen LogP contribution < -0.4 is 4.74 Å². The number of aliphatic carboxylic acids is 1. The molecule has 2 aliphatic rings. The van der Waals surface area contributed by atoms with Gasteiger partial charge in [0.25, 0.3) is 0 Å². The van der Waals surface area contributed by atoms with Crippen molar-refractivity contribution in [1.29, 1.82) is 0 Å². The average molecular weight is 383 g/mol. The number of nitrogens with zero attached hydrogens (tertiary/aromatic N) is 1. The molecule has 1 aliphatic carbocycles. The molecule has 1 aliphatic heterocycles. The molecule has 6 nitrogen and oxygen atoms in total. The van der Waals surface area contributed by atoms with Crippen LogP contribution in [0, 0.1) is 11.8 Å². The quantitative estimate of drug-likeness (QED) is 0.846. The Morgan fingerprint density at radius 2 is 2.04 bits per heavy atom. The minimum Gasteiger partial charge on any atom is -0.481 e. The van der Waals surface area contributed by atoms with Gasteiger partial charge in [0.2, 0.25) is 5.91 Å². The van der Waals surface area contributed by atoms with Gasteiger partial charge in [-0.05, 0) is 37.0 Å². The van der Waals surface area contributed by atoms with Crippen LogP contribution in [0.4, 0.5) is 8.78 Å². The van der Waals surface area contributed by atoms with Crippen molar-refractivity contribution in [3.05, 3.63) is 29.8 Å². The number of carboxylic acid groups (broad SMARTS) is 1. The summed E-state index contributed by atoms with van der Waals surface area (Å²) in [6.45, 7) is -1.81. The van der Waals surface area contributed by atoms with Gasteiger partial charge >= 0.3 is 12.6 Å². The maximum atomic E-state index is 12.9. The van der Waals surface area contributed by atoms with E-state index in [1.807, 2.05) is 0 Å². The Morgan fingerprint density at radius 1 is 1.26 bits per heavy atom. The number of morpholine rings is 1. The molecule has 2 fully saturated rings. The highest BCUT2D eigenvalue weighted by Gasteiger charge is 2.35. The first-order valence-electron chi connectivity index (χ1n) is 9.12. The number of benzene rings is 1. The lowest BCUT2D eigenvalue weighted by Gasteiger charge is -2.37. The van der Waals surface area contributed by atoms with Gasteiger partial charge in [0.1, 0.15) is 11.9 Å². The van der Waals surface area contributed by atoms with E-state index in [1.54, 1.807) is 17.0 Å². The van der Waals surface area contributed by atoms with E-state index in [4.69, 9.17) is 4.74 Å². The first-order valence-corrected chi connectivity index (χ1v) is 9.12. The number of ether oxygens (including phenoxy) is 2. The molecule has 8 heteroatoms. The van der Waals surface area contributed by atoms with E-state index < -0.39 is 24.6 Å². The molecule has 0 spiro atoms. The Bertz CT molecular complexity index is 684. The second-order valence-corrected chi connectivity index (χ2v) is 6.99. The molecule has 1 amide bonds. The third-order valence-corrected chi connectivity index (χ3v) is 5.21. The lowest BCUT2D eigenvalue weighted by atomic mass is 9.80. The van der Waals surface area contributed by atoms with Crippen molar-refractivity contribution in [2.75, 3.05) is 19.7 Å². The summed E-state index contributed by atoms with van der Waals surface area (Å²) in [6, 6.07) is 6.29. The predicted octanol–water partition coefficient (Wildman–Crippen LogP) is 3.08. The first-order chi connectivity index (χ1) is 12.9. The fraction of sp³-hybridized carbons (Fsp3) is 0.579. The molecule has 148 valence electrons. The Morgan fingerprint density at radius 3 is 2.78 bits per heavy atom. The number of carboxylic acids is 1. The van der Waals surface area contributed by atoms with E-state index >= 15 is 0 Å². The highest BCUT2D eigenvalue weighted by molar-refractivity contribution is 5.80. The number of carbonyl (C=O) groups is 2. The van der Waals surface area contributed by atoms with Gasteiger partial charge in [-0.2, -0.15) is 8.78 Å². The number of hydrogen-bond acceptors (Lipinski definition) is 4. The second kappa shape index (κ2) is 8.65. The van der Waals surface area contributed by atoms with Crippen LogP contribution >= 0.6 is 0 Å². The molecule has 1 aromatic carbocycles. The highest BCUT2D eigenvalue weighted by Crippen LogP contribution is 2.32. The molecule has 27 heavy (non-hydrogen) atoms. The van der Waals surface area contributed by atoms with Gasteiger partial charge in [-0.3, -0.25) is 9.59 Å². The fourth-order valence-electron chi connectivity index (χ4n) is 3.84. The Balaban J connectivity index is 1.65. The van der Waals surface area contributed by atoms with Crippen molar-refractivity contribution < 1.29 is 33.0 Å². The largest absolute Gasteiger partial charge is 0.481 e. The normalized spacial score (nSPS) is 26.0. The zero-order valence-electron chi connectivity index (χ0n) is 14.9. The van der Waals surface area contributed by atoms with E-state index in [0.29, 0.717) is 44.5 Å². The molecule has 1 heterocycles. The number of halogens is 2. The van der Waals surface area contributed by atoms with Crippen LogP contribution in [0.2, 0.25) is 0 Å². The van der Waals surface area contributed by atoms with Crippen molar-refractivity contribution in [3.8, 4) is 5.75 Å². The Labute approximate surface area is 156 Å². The molecule has 1 N–H and O–H groups in total. The smallest absolute Gasteiger partial charge is 0.387 e. The Kier molecular flexibility index (Phi) is 6.26. The first kappa shape index (κ1) is 19.5. The maximum absolute atomic E-state index is 12.9. The number of hydrogen-bond donors (Lipinski definition) is 1. The lowest BCUT2D eigenvalue weighted by molar-refractivity contribution is -0.148. The zero-order chi connectivity index (χ0) is 19.4. The number of alkyl halides is 2. The van der Waals surface area contributed by atoms with Crippen molar-refractivity contribution in [1.82, 2.24) is 4.90 Å². The molecule has 3 rings (SSSR count). The summed E-state index contributed by atoms with van der Waals surface area (Å²) in [5, 5.41) is 9.22. The second-order valence-electron chi connectivity index (χ2n) is 6.99. The van der Waals surface area contributed by atoms with Crippen LogP contribution in [-0.2, 0) is 14.3 Å². The minimum absolute atomic E-state index is 0.0470. The SMILES string of the molecule is O=C(O)C1CCCC(C(=O)N2CCOC(c3cccc(OC(F)F)c3)C2)C1. The summed E-state index contributed by atoms with van der Waals surface area (Å²) in [6.07, 6.45) is 1.98. The molecule has 0 aromatic heterocycles. The van der Waals surface area contributed by atoms with E-state index in [2.05, 4.69) is 4.74 Å². The molecular formula is C19H23F2NO5. The van der Waals surface area contributed by atoms with E-state index in [0.717, 1.165) is 6.42 Å². The summed E-state index contributed by atoms with van der Waals surface area (Å²) >= 11 is 0. The summed E-state index contributed by atoms with van der Waals surface area (Å²) < 4.78 is 35.0. The fourth-order valence-corrected chi connectivity index (χ4v) is 3.84. The van der Waals surface area contributed by atoms with Crippen LogP contribution in [0.15, 0.2) is 24.3 Å². The topological polar surface area (TPSA) is 76.1 Å². The standard InChI is InChI=1S/C19H23F2NO5/c20-19(21)27-15-6-2-3-12(10-15)16-11-22(7-8-26-16)17(23)13-4-1-5-14(9-13)18(24)25/h2-3,6,10,13-14,16,19H,1,4-5,7-9,11H2,(H,24,25). The molecule has 1 saturated carbocycles. The molecule has 1 aromatic rings. The van der Waals surface area contributed by atoms with Crippen molar-refractivity contribution in [3.63, 3.8) is 0 Å². The zero-order valence-corrected chi connectivity index (χ0v) is 14.9. The van der Waals surface area contributed by atoms with Crippen molar-refractivity contribution in [2.45, 2.75) is 38.4 Å². The molecule has 3 unspecified atom stereocenters.